The average molecular weight is 530 g/mol. The maximum absolute atomic E-state index is 12.7. The molecule has 0 atom stereocenters. The molecule has 1 aromatic heterocycles. The minimum atomic E-state index is -3.94. The lowest BCUT2D eigenvalue weighted by Gasteiger charge is -2.14. The van der Waals surface area contributed by atoms with E-state index in [1.54, 1.807) is 36.4 Å². The van der Waals surface area contributed by atoms with E-state index in [2.05, 4.69) is 21.4 Å². The minimum absolute atomic E-state index is 0.0726. The van der Waals surface area contributed by atoms with Crippen LogP contribution in [0.4, 0.5) is 5.69 Å². The van der Waals surface area contributed by atoms with Crippen LogP contribution in [0.25, 0.3) is 17.4 Å². The van der Waals surface area contributed by atoms with Crippen molar-refractivity contribution in [1.82, 2.24) is 10.1 Å². The molecule has 11 heteroatoms. The first-order valence-electron chi connectivity index (χ1n) is 9.50. The highest BCUT2D eigenvalue weighted by molar-refractivity contribution is 9.10. The number of amides is 3. The fraction of sp³-hybridized carbons (Fsp3) is 0.0455. The summed E-state index contributed by atoms with van der Waals surface area (Å²) in [5, 5.41) is 1.15. The molecule has 0 unspecified atom stereocenters. The van der Waals surface area contributed by atoms with Gasteiger partial charge in [0.2, 0.25) is 5.91 Å². The van der Waals surface area contributed by atoms with Crippen LogP contribution in [0.15, 0.2) is 80.0 Å². The number of anilines is 1. The van der Waals surface area contributed by atoms with E-state index in [9.17, 15) is 22.8 Å². The predicted octanol–water partition coefficient (Wildman–Crippen LogP) is 3.00. The third-order valence-corrected chi connectivity index (χ3v) is 6.59. The number of hydrazine groups is 1. The van der Waals surface area contributed by atoms with Crippen LogP contribution in [0.3, 0.4) is 0 Å². The van der Waals surface area contributed by atoms with Crippen LogP contribution in [-0.4, -0.2) is 26.1 Å². The van der Waals surface area contributed by atoms with Crippen LogP contribution >= 0.6 is 15.9 Å². The molecule has 3 aromatic rings. The van der Waals surface area contributed by atoms with Gasteiger partial charge in [-0.05, 0) is 66.7 Å². The fourth-order valence-corrected chi connectivity index (χ4v) is 4.36. The fourth-order valence-electron chi connectivity index (χ4n) is 3.10. The second kappa shape index (κ2) is 8.68. The number of sulfonamides is 1. The Hall–Kier alpha value is -3.70. The molecule has 0 aliphatic carbocycles. The summed E-state index contributed by atoms with van der Waals surface area (Å²) >= 11 is 3.32. The third-order valence-electron chi connectivity index (χ3n) is 4.62. The summed E-state index contributed by atoms with van der Waals surface area (Å²) in [7, 11) is -3.94. The van der Waals surface area contributed by atoms with Crippen molar-refractivity contribution in [3.05, 3.63) is 76.5 Å². The van der Waals surface area contributed by atoms with Crippen molar-refractivity contribution in [2.24, 2.45) is 0 Å². The van der Waals surface area contributed by atoms with Gasteiger partial charge in [0.1, 0.15) is 17.1 Å². The third kappa shape index (κ3) is 4.73. The number of benzene rings is 2. The number of nitrogens with zero attached hydrogens (tertiary/aromatic N) is 1. The van der Waals surface area contributed by atoms with Crippen LogP contribution in [0, 0.1) is 0 Å². The van der Waals surface area contributed by atoms with E-state index in [0.717, 1.165) is 16.4 Å². The summed E-state index contributed by atoms with van der Waals surface area (Å²) in [5.41, 5.74) is 3.51. The zero-order valence-corrected chi connectivity index (χ0v) is 19.4. The van der Waals surface area contributed by atoms with E-state index in [1.807, 2.05) is 4.72 Å². The Kier molecular flexibility index (Phi) is 5.91. The Balaban J connectivity index is 1.55. The topological polar surface area (TPSA) is 126 Å². The molecule has 33 heavy (non-hydrogen) atoms. The Bertz CT molecular complexity index is 1390. The number of nitrogens with one attached hydrogen (secondary N) is 2. The van der Waals surface area contributed by atoms with Gasteiger partial charge >= 0.3 is 0 Å². The SMILES string of the molecule is CC(=O)NS(=O)(=O)c1ccc(-c2ccc(/C=C3/C(=O)NN(c4ccc(Br)cc4)C3=O)o2)cc1. The number of furan rings is 1. The quantitative estimate of drug-likeness (QED) is 0.386. The molecule has 1 fully saturated rings. The van der Waals surface area contributed by atoms with Gasteiger partial charge in [-0.1, -0.05) is 15.9 Å². The van der Waals surface area contributed by atoms with E-state index in [1.165, 1.54) is 30.3 Å². The highest BCUT2D eigenvalue weighted by atomic mass is 79.9. The molecule has 0 bridgehead atoms. The zero-order chi connectivity index (χ0) is 23.8. The molecule has 1 aliphatic rings. The van der Waals surface area contributed by atoms with Crippen molar-refractivity contribution in [1.29, 1.82) is 0 Å². The maximum atomic E-state index is 12.7. The molecule has 168 valence electrons. The smallest absolute Gasteiger partial charge is 0.282 e. The summed E-state index contributed by atoms with van der Waals surface area (Å²) < 4.78 is 32.6. The van der Waals surface area contributed by atoms with Crippen LogP contribution in [0.5, 0.6) is 0 Å². The van der Waals surface area contributed by atoms with Crippen molar-refractivity contribution >= 4 is 55.4 Å². The minimum Gasteiger partial charge on any atom is -0.457 e. The first kappa shape index (κ1) is 22.5. The molecule has 9 nitrogen and oxygen atoms in total. The van der Waals surface area contributed by atoms with Gasteiger partial charge in [0, 0.05) is 17.0 Å². The van der Waals surface area contributed by atoms with E-state index < -0.39 is 27.7 Å². The van der Waals surface area contributed by atoms with Gasteiger partial charge in [0.05, 0.1) is 10.6 Å². The number of rotatable bonds is 5. The molecule has 1 aliphatic heterocycles. The standard InChI is InChI=1S/C22H16BrN3O6S/c1-13(27)25-33(30,31)18-9-2-14(3-10-18)20-11-8-17(32-20)12-19-21(28)24-26(22(19)29)16-6-4-15(23)5-7-16/h2-12H,1H3,(H,24,28)(H,25,27)/b19-12-. The van der Waals surface area contributed by atoms with Gasteiger partial charge in [0.25, 0.3) is 21.8 Å². The van der Waals surface area contributed by atoms with Gasteiger partial charge in [-0.3, -0.25) is 19.8 Å². The molecule has 0 radical (unpaired) electrons. The van der Waals surface area contributed by atoms with Crippen LogP contribution < -0.4 is 15.2 Å². The summed E-state index contributed by atoms with van der Waals surface area (Å²) in [6.45, 7) is 1.11. The molecule has 2 N–H and O–H groups in total. The van der Waals surface area contributed by atoms with Gasteiger partial charge in [-0.25, -0.2) is 18.1 Å². The Morgan fingerprint density at radius 3 is 2.33 bits per heavy atom. The molecule has 2 aromatic carbocycles. The predicted molar refractivity (Wildman–Crippen MR) is 123 cm³/mol. The number of hydrogen-bond acceptors (Lipinski definition) is 6. The summed E-state index contributed by atoms with van der Waals surface area (Å²) in [6, 6.07) is 15.8. The number of carbonyl (C=O) groups is 3. The molecule has 2 heterocycles. The molecular weight excluding hydrogens is 514 g/mol. The van der Waals surface area contributed by atoms with Crippen molar-refractivity contribution in [2.45, 2.75) is 11.8 Å². The van der Waals surface area contributed by atoms with Gasteiger partial charge in [-0.15, -0.1) is 0 Å². The molecule has 4 rings (SSSR count). The first-order valence-corrected chi connectivity index (χ1v) is 11.8. The van der Waals surface area contributed by atoms with Crippen LogP contribution in [0.1, 0.15) is 12.7 Å². The Morgan fingerprint density at radius 1 is 1.03 bits per heavy atom. The maximum Gasteiger partial charge on any atom is 0.282 e. The number of hydrogen-bond donors (Lipinski definition) is 2. The van der Waals surface area contributed by atoms with E-state index in [4.69, 9.17) is 4.42 Å². The number of halogens is 1. The second-order valence-corrected chi connectivity index (χ2v) is 9.60. The van der Waals surface area contributed by atoms with E-state index in [-0.39, 0.29) is 16.2 Å². The average Bonchev–Trinajstić information content (AvgIpc) is 3.34. The Morgan fingerprint density at radius 2 is 1.70 bits per heavy atom. The summed E-state index contributed by atoms with van der Waals surface area (Å²) in [5.74, 6) is -1.09. The zero-order valence-electron chi connectivity index (χ0n) is 17.0. The van der Waals surface area contributed by atoms with E-state index in [0.29, 0.717) is 17.0 Å². The highest BCUT2D eigenvalue weighted by Crippen LogP contribution is 2.27. The second-order valence-electron chi connectivity index (χ2n) is 7.00. The number of carbonyl (C=O) groups excluding carboxylic acids is 3. The van der Waals surface area contributed by atoms with Gasteiger partial charge < -0.3 is 4.42 Å². The lowest BCUT2D eigenvalue weighted by atomic mass is 10.2. The van der Waals surface area contributed by atoms with Crippen molar-refractivity contribution in [2.75, 3.05) is 5.01 Å². The first-order chi connectivity index (χ1) is 15.6. The molecule has 1 saturated heterocycles. The summed E-state index contributed by atoms with van der Waals surface area (Å²) in [4.78, 5) is 36.1. The van der Waals surface area contributed by atoms with Crippen LogP contribution in [0.2, 0.25) is 0 Å². The van der Waals surface area contributed by atoms with Crippen molar-refractivity contribution in [3.8, 4) is 11.3 Å². The van der Waals surface area contributed by atoms with Crippen molar-refractivity contribution in [3.63, 3.8) is 0 Å². The highest BCUT2D eigenvalue weighted by Gasteiger charge is 2.34. The normalized spacial score (nSPS) is 15.1. The monoisotopic (exact) mass is 529 g/mol. The van der Waals surface area contributed by atoms with Gasteiger partial charge in [0.15, 0.2) is 0 Å². The van der Waals surface area contributed by atoms with Crippen LogP contribution in [-0.2, 0) is 24.4 Å². The summed E-state index contributed by atoms with van der Waals surface area (Å²) in [6.07, 6.45) is 1.34. The molecule has 0 saturated carbocycles. The van der Waals surface area contributed by atoms with Crippen molar-refractivity contribution < 1.29 is 27.2 Å². The Labute approximate surface area is 197 Å². The van der Waals surface area contributed by atoms with E-state index >= 15 is 0 Å². The largest absolute Gasteiger partial charge is 0.457 e. The lowest BCUT2D eigenvalue weighted by Crippen LogP contribution is -2.35. The molecule has 3 amide bonds. The molecule has 0 spiro atoms. The van der Waals surface area contributed by atoms with Gasteiger partial charge in [-0.2, -0.15) is 0 Å². The lowest BCUT2D eigenvalue weighted by molar-refractivity contribution is -0.118. The molecular formula is C22H16BrN3O6S.